The number of hydrogen-bond acceptors (Lipinski definition) is 2. The SMILES string of the molecule is CCC1CCCCCN1c1ncc(Br)cc1Br. The van der Waals surface area contributed by atoms with E-state index in [0.29, 0.717) is 6.04 Å². The van der Waals surface area contributed by atoms with Crippen molar-refractivity contribution in [1.82, 2.24) is 4.98 Å². The monoisotopic (exact) mass is 360 g/mol. The molecule has 94 valence electrons. The molecule has 0 saturated carbocycles. The summed E-state index contributed by atoms with van der Waals surface area (Å²) in [6, 6.07) is 2.72. The van der Waals surface area contributed by atoms with Gasteiger partial charge in [0.1, 0.15) is 5.82 Å². The predicted octanol–water partition coefficient (Wildman–Crippen LogP) is 4.77. The van der Waals surface area contributed by atoms with Crippen molar-refractivity contribution < 1.29 is 0 Å². The van der Waals surface area contributed by atoms with Gasteiger partial charge in [0.05, 0.1) is 4.47 Å². The van der Waals surface area contributed by atoms with Gasteiger partial charge in [0.15, 0.2) is 0 Å². The van der Waals surface area contributed by atoms with Crippen molar-refractivity contribution in [3.05, 3.63) is 21.2 Å². The Balaban J connectivity index is 2.28. The van der Waals surface area contributed by atoms with Gasteiger partial charge >= 0.3 is 0 Å². The van der Waals surface area contributed by atoms with Gasteiger partial charge in [-0.15, -0.1) is 0 Å². The molecule has 0 bridgehead atoms. The van der Waals surface area contributed by atoms with E-state index in [-0.39, 0.29) is 0 Å². The highest BCUT2D eigenvalue weighted by Gasteiger charge is 2.22. The fraction of sp³-hybridized carbons (Fsp3) is 0.615. The summed E-state index contributed by atoms with van der Waals surface area (Å²) in [5.41, 5.74) is 0. The lowest BCUT2D eigenvalue weighted by molar-refractivity contribution is 0.551. The van der Waals surface area contributed by atoms with Crippen LogP contribution in [0.1, 0.15) is 39.0 Å². The Morgan fingerprint density at radius 2 is 2.18 bits per heavy atom. The second-order valence-electron chi connectivity index (χ2n) is 4.56. The van der Waals surface area contributed by atoms with Crippen molar-refractivity contribution in [3.8, 4) is 0 Å². The van der Waals surface area contributed by atoms with Crippen molar-refractivity contribution >= 4 is 37.7 Å². The molecule has 2 heterocycles. The van der Waals surface area contributed by atoms with E-state index in [1.165, 1.54) is 32.1 Å². The summed E-state index contributed by atoms with van der Waals surface area (Å²) in [5.74, 6) is 1.10. The summed E-state index contributed by atoms with van der Waals surface area (Å²) >= 11 is 7.09. The number of rotatable bonds is 2. The van der Waals surface area contributed by atoms with E-state index < -0.39 is 0 Å². The zero-order valence-electron chi connectivity index (χ0n) is 10.1. The Morgan fingerprint density at radius 1 is 1.35 bits per heavy atom. The molecule has 0 spiro atoms. The minimum absolute atomic E-state index is 0.641. The molecule has 0 amide bonds. The molecule has 1 saturated heterocycles. The first-order valence-corrected chi connectivity index (χ1v) is 7.88. The molecule has 1 aromatic rings. The molecule has 0 aromatic carbocycles. The van der Waals surface area contributed by atoms with Crippen LogP contribution in [0.4, 0.5) is 5.82 Å². The Labute approximate surface area is 120 Å². The van der Waals surface area contributed by atoms with Gasteiger partial charge in [-0.25, -0.2) is 4.98 Å². The van der Waals surface area contributed by atoms with E-state index in [1.54, 1.807) is 0 Å². The third kappa shape index (κ3) is 3.22. The van der Waals surface area contributed by atoms with Crippen molar-refractivity contribution in [1.29, 1.82) is 0 Å². The zero-order chi connectivity index (χ0) is 12.3. The van der Waals surface area contributed by atoms with E-state index in [2.05, 4.69) is 54.7 Å². The fourth-order valence-electron chi connectivity index (χ4n) is 2.50. The maximum absolute atomic E-state index is 4.57. The normalized spacial score (nSPS) is 21.4. The van der Waals surface area contributed by atoms with Crippen molar-refractivity contribution in [3.63, 3.8) is 0 Å². The van der Waals surface area contributed by atoms with Crippen LogP contribution in [0.5, 0.6) is 0 Å². The summed E-state index contributed by atoms with van der Waals surface area (Å²) in [6.45, 7) is 3.40. The average molecular weight is 362 g/mol. The van der Waals surface area contributed by atoms with E-state index >= 15 is 0 Å². The topological polar surface area (TPSA) is 16.1 Å². The lowest BCUT2D eigenvalue weighted by Gasteiger charge is -2.31. The summed E-state index contributed by atoms with van der Waals surface area (Å²) in [7, 11) is 0. The first kappa shape index (κ1) is 13.3. The van der Waals surface area contributed by atoms with Gasteiger partial charge in [-0.2, -0.15) is 0 Å². The molecular formula is C13H18Br2N2. The molecule has 1 aliphatic rings. The molecular weight excluding hydrogens is 344 g/mol. The van der Waals surface area contributed by atoms with E-state index in [4.69, 9.17) is 0 Å². The Hall–Kier alpha value is -0.0900. The molecule has 1 aromatic heterocycles. The van der Waals surface area contributed by atoms with Crippen LogP contribution in [0.2, 0.25) is 0 Å². The second-order valence-corrected chi connectivity index (χ2v) is 6.33. The molecule has 17 heavy (non-hydrogen) atoms. The number of nitrogens with zero attached hydrogens (tertiary/aromatic N) is 2. The van der Waals surface area contributed by atoms with E-state index in [0.717, 1.165) is 21.3 Å². The number of anilines is 1. The minimum Gasteiger partial charge on any atom is -0.353 e. The highest BCUT2D eigenvalue weighted by molar-refractivity contribution is 9.11. The van der Waals surface area contributed by atoms with Crippen LogP contribution in [0.25, 0.3) is 0 Å². The van der Waals surface area contributed by atoms with Crippen LogP contribution in [-0.4, -0.2) is 17.6 Å². The van der Waals surface area contributed by atoms with Gasteiger partial charge in [0, 0.05) is 23.3 Å². The van der Waals surface area contributed by atoms with Gasteiger partial charge in [0.25, 0.3) is 0 Å². The zero-order valence-corrected chi connectivity index (χ0v) is 13.3. The van der Waals surface area contributed by atoms with Crippen molar-refractivity contribution in [2.45, 2.75) is 45.1 Å². The summed E-state index contributed by atoms with van der Waals surface area (Å²) in [4.78, 5) is 7.05. The smallest absolute Gasteiger partial charge is 0.143 e. The number of aromatic nitrogens is 1. The van der Waals surface area contributed by atoms with E-state index in [1.807, 2.05) is 6.20 Å². The van der Waals surface area contributed by atoms with Gasteiger partial charge in [-0.1, -0.05) is 19.8 Å². The van der Waals surface area contributed by atoms with Crippen LogP contribution < -0.4 is 4.90 Å². The molecule has 4 heteroatoms. The van der Waals surface area contributed by atoms with Crippen LogP contribution in [0.15, 0.2) is 21.2 Å². The summed E-state index contributed by atoms with van der Waals surface area (Å²) in [6.07, 6.45) is 8.35. The van der Waals surface area contributed by atoms with Crippen LogP contribution in [0, 0.1) is 0 Å². The third-order valence-electron chi connectivity index (χ3n) is 3.41. The van der Waals surface area contributed by atoms with Gasteiger partial charge in [-0.05, 0) is 57.2 Å². The summed E-state index contributed by atoms with van der Waals surface area (Å²) in [5, 5.41) is 0. The molecule has 2 rings (SSSR count). The predicted molar refractivity (Wildman–Crippen MR) is 79.5 cm³/mol. The molecule has 1 atom stereocenters. The molecule has 0 N–H and O–H groups in total. The van der Waals surface area contributed by atoms with Crippen LogP contribution >= 0.6 is 31.9 Å². The molecule has 1 fully saturated rings. The Kier molecular flexibility index (Phi) is 4.86. The maximum atomic E-state index is 4.57. The van der Waals surface area contributed by atoms with Crippen LogP contribution in [-0.2, 0) is 0 Å². The Bertz CT molecular complexity index is 382. The van der Waals surface area contributed by atoms with Crippen molar-refractivity contribution in [2.24, 2.45) is 0 Å². The van der Waals surface area contributed by atoms with Crippen molar-refractivity contribution in [2.75, 3.05) is 11.4 Å². The first-order chi connectivity index (χ1) is 8.22. The standard InChI is InChI=1S/C13H18Br2N2/c1-2-11-6-4-3-5-7-17(11)13-12(15)8-10(14)9-16-13/h8-9,11H,2-7H2,1H3. The average Bonchev–Trinajstić information content (AvgIpc) is 2.54. The largest absolute Gasteiger partial charge is 0.353 e. The number of hydrogen-bond donors (Lipinski definition) is 0. The lowest BCUT2D eigenvalue weighted by Crippen LogP contribution is -2.35. The molecule has 1 unspecified atom stereocenters. The van der Waals surface area contributed by atoms with Crippen LogP contribution in [0.3, 0.4) is 0 Å². The first-order valence-electron chi connectivity index (χ1n) is 6.30. The molecule has 0 aliphatic carbocycles. The second kappa shape index (κ2) is 6.19. The highest BCUT2D eigenvalue weighted by atomic mass is 79.9. The molecule has 1 aliphatic heterocycles. The maximum Gasteiger partial charge on any atom is 0.143 e. The third-order valence-corrected chi connectivity index (χ3v) is 4.43. The number of pyridine rings is 1. The number of halogens is 2. The Morgan fingerprint density at radius 3 is 2.88 bits per heavy atom. The molecule has 2 nitrogen and oxygen atoms in total. The highest BCUT2D eigenvalue weighted by Crippen LogP contribution is 2.31. The minimum atomic E-state index is 0.641. The van der Waals surface area contributed by atoms with E-state index in [9.17, 15) is 0 Å². The van der Waals surface area contributed by atoms with Gasteiger partial charge < -0.3 is 4.90 Å². The quantitative estimate of drug-likeness (QED) is 0.754. The lowest BCUT2D eigenvalue weighted by atomic mass is 10.1. The molecule has 0 radical (unpaired) electrons. The fourth-order valence-corrected chi connectivity index (χ4v) is 3.71. The van der Waals surface area contributed by atoms with Gasteiger partial charge in [-0.3, -0.25) is 0 Å². The summed E-state index contributed by atoms with van der Waals surface area (Å²) < 4.78 is 2.11. The van der Waals surface area contributed by atoms with Gasteiger partial charge in [0.2, 0.25) is 0 Å².